The summed E-state index contributed by atoms with van der Waals surface area (Å²) in [4.78, 5) is 25.6. The van der Waals surface area contributed by atoms with Gasteiger partial charge >= 0.3 is 6.36 Å². The van der Waals surface area contributed by atoms with E-state index in [1.54, 1.807) is 6.08 Å². The van der Waals surface area contributed by atoms with Gasteiger partial charge in [-0.3, -0.25) is 9.59 Å². The molecule has 4 rings (SSSR count). The second-order valence-corrected chi connectivity index (χ2v) is 9.53. The van der Waals surface area contributed by atoms with Crippen molar-refractivity contribution in [2.24, 2.45) is 11.3 Å². The minimum atomic E-state index is -4.78. The molecule has 0 aliphatic heterocycles. The first-order chi connectivity index (χ1) is 15.8. The zero-order valence-corrected chi connectivity index (χ0v) is 19.4. The van der Waals surface area contributed by atoms with Gasteiger partial charge in [0.05, 0.1) is 12.7 Å². The van der Waals surface area contributed by atoms with Crippen LogP contribution in [0.25, 0.3) is 0 Å². The molecular formula is C26H26F3NO4. The van der Waals surface area contributed by atoms with Crippen LogP contribution in [0.1, 0.15) is 48.7 Å². The van der Waals surface area contributed by atoms with Crippen molar-refractivity contribution in [1.82, 2.24) is 0 Å². The predicted molar refractivity (Wildman–Crippen MR) is 121 cm³/mol. The highest BCUT2D eigenvalue weighted by molar-refractivity contribution is 6.06. The number of carbonyl (C=O) groups is 2. The third kappa shape index (κ3) is 4.17. The molecule has 0 aromatic heterocycles. The Balaban J connectivity index is 1.63. The van der Waals surface area contributed by atoms with Crippen LogP contribution in [-0.2, 0) is 16.6 Å². The standard InChI is InChI=1S/C26H26F3NO4/c1-24(2)21-10-5-15-13-18(20(33-4)14-19(15)25(21,3)12-11-22(24)31)23(32)30-16-6-8-17(9-7-16)34-26(27,28)29/h6-9,11-14,21H,5,10H2,1-4H3,(H,30,32)/t21-,25+/m0/s1. The second kappa shape index (κ2) is 8.18. The maximum atomic E-state index is 13.0. The van der Waals surface area contributed by atoms with Gasteiger partial charge in [0.15, 0.2) is 5.78 Å². The van der Waals surface area contributed by atoms with Gasteiger partial charge in [-0.25, -0.2) is 0 Å². The molecule has 0 saturated heterocycles. The molecule has 34 heavy (non-hydrogen) atoms. The fourth-order valence-corrected chi connectivity index (χ4v) is 5.36. The van der Waals surface area contributed by atoms with Gasteiger partial charge in [0.25, 0.3) is 5.91 Å². The summed E-state index contributed by atoms with van der Waals surface area (Å²) in [5.74, 6) is -0.189. The molecule has 2 aliphatic carbocycles. The summed E-state index contributed by atoms with van der Waals surface area (Å²) in [5, 5.41) is 2.70. The van der Waals surface area contributed by atoms with Crippen molar-refractivity contribution < 1.29 is 32.2 Å². The molecule has 0 unspecified atom stereocenters. The third-order valence-electron chi connectivity index (χ3n) is 7.11. The number of amides is 1. The highest BCUT2D eigenvalue weighted by Gasteiger charge is 2.51. The average Bonchev–Trinajstić information content (AvgIpc) is 2.76. The van der Waals surface area contributed by atoms with E-state index in [1.165, 1.54) is 19.2 Å². The Hall–Kier alpha value is -3.29. The first-order valence-corrected chi connectivity index (χ1v) is 11.0. The lowest BCUT2D eigenvalue weighted by atomic mass is 9.52. The number of ether oxygens (including phenoxy) is 2. The lowest BCUT2D eigenvalue weighted by Crippen LogP contribution is -2.49. The summed E-state index contributed by atoms with van der Waals surface area (Å²) in [6.45, 7) is 6.08. The SMILES string of the molecule is COc1cc2c(cc1C(=O)Nc1ccc(OC(F)(F)F)cc1)CC[C@H]1C(C)(C)C(=O)C=C[C@]21C. The number of anilines is 1. The van der Waals surface area contributed by atoms with E-state index in [0.717, 1.165) is 29.7 Å². The lowest BCUT2D eigenvalue weighted by Gasteiger charge is -2.50. The van der Waals surface area contributed by atoms with Crippen molar-refractivity contribution in [3.05, 3.63) is 65.2 Å². The van der Waals surface area contributed by atoms with Gasteiger partial charge in [-0.1, -0.05) is 26.8 Å². The van der Waals surface area contributed by atoms with Gasteiger partial charge in [0, 0.05) is 16.5 Å². The average molecular weight is 473 g/mol. The van der Waals surface area contributed by atoms with Crippen LogP contribution < -0.4 is 14.8 Å². The zero-order chi connectivity index (χ0) is 24.9. The van der Waals surface area contributed by atoms with Gasteiger partial charge in [-0.15, -0.1) is 13.2 Å². The molecule has 2 aromatic carbocycles. The maximum Gasteiger partial charge on any atom is 0.573 e. The normalized spacial score (nSPS) is 23.0. The molecule has 0 fully saturated rings. The molecule has 0 saturated carbocycles. The van der Waals surface area contributed by atoms with Crippen molar-refractivity contribution in [1.29, 1.82) is 0 Å². The highest BCUT2D eigenvalue weighted by Crippen LogP contribution is 2.54. The van der Waals surface area contributed by atoms with Crippen LogP contribution in [0.3, 0.4) is 0 Å². The van der Waals surface area contributed by atoms with Crippen LogP contribution in [0.15, 0.2) is 48.6 Å². The monoisotopic (exact) mass is 473 g/mol. The van der Waals surface area contributed by atoms with Gasteiger partial charge in [0.1, 0.15) is 11.5 Å². The number of aryl methyl sites for hydroxylation is 1. The Morgan fingerprint density at radius 3 is 2.41 bits per heavy atom. The van der Waals surface area contributed by atoms with Gasteiger partial charge in [-0.2, -0.15) is 0 Å². The molecular weight excluding hydrogens is 447 g/mol. The van der Waals surface area contributed by atoms with Crippen LogP contribution >= 0.6 is 0 Å². The first kappa shape index (κ1) is 23.9. The van der Waals surface area contributed by atoms with Crippen molar-refractivity contribution in [2.75, 3.05) is 12.4 Å². The fourth-order valence-electron chi connectivity index (χ4n) is 5.36. The van der Waals surface area contributed by atoms with Gasteiger partial charge in [-0.05, 0) is 72.4 Å². The number of nitrogens with one attached hydrogen (secondary N) is 1. The predicted octanol–water partition coefficient (Wildman–Crippen LogP) is 5.83. The van der Waals surface area contributed by atoms with Crippen LogP contribution in [0.5, 0.6) is 11.5 Å². The number of fused-ring (bicyclic) bond motifs is 3. The van der Waals surface area contributed by atoms with Crippen molar-refractivity contribution in [3.63, 3.8) is 0 Å². The van der Waals surface area contributed by atoms with E-state index >= 15 is 0 Å². The van der Waals surface area contributed by atoms with Crippen LogP contribution in [0, 0.1) is 11.3 Å². The van der Waals surface area contributed by atoms with Crippen molar-refractivity contribution >= 4 is 17.4 Å². The van der Waals surface area contributed by atoms with E-state index in [1.807, 2.05) is 32.1 Å². The molecule has 2 aromatic rings. The molecule has 0 radical (unpaired) electrons. The zero-order valence-electron chi connectivity index (χ0n) is 19.4. The summed E-state index contributed by atoms with van der Waals surface area (Å²) in [6, 6.07) is 8.61. The Labute approximate surface area is 195 Å². The molecule has 0 bridgehead atoms. The maximum absolute atomic E-state index is 13.0. The molecule has 2 aliphatic rings. The molecule has 2 atom stereocenters. The Kier molecular flexibility index (Phi) is 5.74. The summed E-state index contributed by atoms with van der Waals surface area (Å²) in [7, 11) is 1.48. The van der Waals surface area contributed by atoms with Gasteiger partial charge < -0.3 is 14.8 Å². The van der Waals surface area contributed by atoms with Crippen molar-refractivity contribution in [3.8, 4) is 11.5 Å². The van der Waals surface area contributed by atoms with E-state index in [0.29, 0.717) is 23.4 Å². The quantitative estimate of drug-likeness (QED) is 0.607. The number of hydrogen-bond acceptors (Lipinski definition) is 4. The molecule has 0 heterocycles. The number of rotatable bonds is 4. The fraction of sp³-hybridized carbons (Fsp3) is 0.385. The van der Waals surface area contributed by atoms with Crippen LogP contribution in [0.2, 0.25) is 0 Å². The molecule has 8 heteroatoms. The number of allylic oxidation sites excluding steroid dienone is 2. The second-order valence-electron chi connectivity index (χ2n) is 9.53. The number of halogens is 3. The summed E-state index contributed by atoms with van der Waals surface area (Å²) >= 11 is 0. The molecule has 180 valence electrons. The lowest BCUT2D eigenvalue weighted by molar-refractivity contribution is -0.274. The van der Waals surface area contributed by atoms with E-state index in [2.05, 4.69) is 17.0 Å². The van der Waals surface area contributed by atoms with Crippen LogP contribution in [-0.4, -0.2) is 25.2 Å². The number of ketones is 1. The Bertz CT molecular complexity index is 1170. The van der Waals surface area contributed by atoms with Crippen molar-refractivity contribution in [2.45, 2.75) is 45.4 Å². The van der Waals surface area contributed by atoms with Crippen LogP contribution in [0.4, 0.5) is 18.9 Å². The summed E-state index contributed by atoms with van der Waals surface area (Å²) in [6.07, 6.45) is 0.360. The number of carbonyl (C=O) groups excluding carboxylic acids is 2. The summed E-state index contributed by atoms with van der Waals surface area (Å²) < 4.78 is 46.5. The van der Waals surface area contributed by atoms with E-state index in [-0.39, 0.29) is 22.9 Å². The first-order valence-electron chi connectivity index (χ1n) is 11.0. The minimum Gasteiger partial charge on any atom is -0.496 e. The molecule has 1 amide bonds. The smallest absolute Gasteiger partial charge is 0.496 e. The molecule has 0 spiro atoms. The van der Waals surface area contributed by atoms with E-state index in [4.69, 9.17) is 4.74 Å². The van der Waals surface area contributed by atoms with E-state index in [9.17, 15) is 22.8 Å². The third-order valence-corrected chi connectivity index (χ3v) is 7.11. The number of methoxy groups -OCH3 is 1. The molecule has 1 N–H and O–H groups in total. The minimum absolute atomic E-state index is 0.117. The van der Waals surface area contributed by atoms with E-state index < -0.39 is 17.7 Å². The number of benzene rings is 2. The highest BCUT2D eigenvalue weighted by atomic mass is 19.4. The Morgan fingerprint density at radius 1 is 1.12 bits per heavy atom. The Morgan fingerprint density at radius 2 is 1.79 bits per heavy atom. The number of alkyl halides is 3. The summed E-state index contributed by atoms with van der Waals surface area (Å²) in [5.41, 5.74) is 1.82. The van der Waals surface area contributed by atoms with Gasteiger partial charge in [0.2, 0.25) is 0 Å². The largest absolute Gasteiger partial charge is 0.573 e. The topological polar surface area (TPSA) is 64.6 Å². The number of hydrogen-bond donors (Lipinski definition) is 1. The molecule has 5 nitrogen and oxygen atoms in total.